The minimum Gasteiger partial charge on any atom is -0.294 e. The van der Waals surface area contributed by atoms with Crippen LogP contribution >= 0.6 is 0 Å². The summed E-state index contributed by atoms with van der Waals surface area (Å²) in [6.45, 7) is 2.82. The number of carbonyl (C=O) groups excluding carboxylic acids is 1. The van der Waals surface area contributed by atoms with E-state index in [9.17, 15) is 4.79 Å². The third-order valence-electron chi connectivity index (χ3n) is 3.60. The molecule has 0 saturated heterocycles. The van der Waals surface area contributed by atoms with Gasteiger partial charge in [-0.15, -0.1) is 0 Å². The van der Waals surface area contributed by atoms with Crippen LogP contribution in [0.4, 0.5) is 0 Å². The second-order valence-corrected chi connectivity index (χ2v) is 4.81. The molecule has 0 N–H and O–H groups in total. The zero-order valence-electron chi connectivity index (χ0n) is 10.4. The highest BCUT2D eigenvalue weighted by Gasteiger charge is 2.44. The molecule has 3 rings (SSSR count). The summed E-state index contributed by atoms with van der Waals surface area (Å²) in [6.07, 6.45) is 4.51. The number of hydrogen-bond acceptors (Lipinski definition) is 2. The summed E-state index contributed by atoms with van der Waals surface area (Å²) in [5.74, 6) is 0.800. The largest absolute Gasteiger partial charge is 0.294 e. The predicted octanol–water partition coefficient (Wildman–Crippen LogP) is 2.89. The van der Waals surface area contributed by atoms with Crippen molar-refractivity contribution in [1.29, 1.82) is 0 Å². The van der Waals surface area contributed by atoms with Crippen LogP contribution in [0.1, 0.15) is 35.2 Å². The van der Waals surface area contributed by atoms with Crippen LogP contribution in [0.25, 0.3) is 0 Å². The standard InChI is InChI=1S/C15H16N2O/c1-2-17-10-12(9-16-17)15(18)14-8-13(14)11-6-4-3-5-7-11/h3-7,9-10,13-14H,2,8H2,1H3. The first-order chi connectivity index (χ1) is 8.79. The molecule has 1 saturated carbocycles. The van der Waals surface area contributed by atoms with E-state index >= 15 is 0 Å². The van der Waals surface area contributed by atoms with Crippen LogP contribution in [0.3, 0.4) is 0 Å². The number of aryl methyl sites for hydroxylation is 1. The molecule has 3 nitrogen and oxygen atoms in total. The fourth-order valence-corrected chi connectivity index (χ4v) is 2.43. The maximum absolute atomic E-state index is 12.3. The SMILES string of the molecule is CCn1cc(C(=O)C2CC2c2ccccc2)cn1. The van der Waals surface area contributed by atoms with Gasteiger partial charge in [0.05, 0.1) is 11.8 Å². The fraction of sp³-hybridized carbons (Fsp3) is 0.333. The Hall–Kier alpha value is -1.90. The molecule has 0 aliphatic heterocycles. The molecule has 0 amide bonds. The van der Waals surface area contributed by atoms with E-state index in [1.54, 1.807) is 10.9 Å². The zero-order chi connectivity index (χ0) is 12.5. The van der Waals surface area contributed by atoms with E-state index in [0.29, 0.717) is 5.92 Å². The molecule has 1 aromatic carbocycles. The number of hydrogen-bond donors (Lipinski definition) is 0. The van der Waals surface area contributed by atoms with Crippen molar-refractivity contribution in [1.82, 2.24) is 9.78 Å². The highest BCUT2D eigenvalue weighted by Crippen LogP contribution is 2.48. The van der Waals surface area contributed by atoms with Crippen LogP contribution in [0.5, 0.6) is 0 Å². The van der Waals surface area contributed by atoms with Crippen LogP contribution in [-0.2, 0) is 6.54 Å². The molecule has 2 aromatic rings. The van der Waals surface area contributed by atoms with E-state index in [2.05, 4.69) is 17.2 Å². The maximum Gasteiger partial charge on any atom is 0.169 e. The van der Waals surface area contributed by atoms with Crippen molar-refractivity contribution in [3.05, 3.63) is 53.9 Å². The number of carbonyl (C=O) groups is 1. The van der Waals surface area contributed by atoms with Crippen molar-refractivity contribution < 1.29 is 4.79 Å². The van der Waals surface area contributed by atoms with Crippen molar-refractivity contribution in [3.63, 3.8) is 0 Å². The number of aromatic nitrogens is 2. The molecule has 1 aliphatic rings. The van der Waals surface area contributed by atoms with E-state index in [4.69, 9.17) is 0 Å². The van der Waals surface area contributed by atoms with Crippen LogP contribution in [-0.4, -0.2) is 15.6 Å². The minimum atomic E-state index is 0.155. The first-order valence-corrected chi connectivity index (χ1v) is 6.41. The van der Waals surface area contributed by atoms with Gasteiger partial charge in [-0.2, -0.15) is 5.10 Å². The minimum absolute atomic E-state index is 0.155. The molecule has 2 atom stereocenters. The molecule has 92 valence electrons. The van der Waals surface area contributed by atoms with Gasteiger partial charge in [-0.05, 0) is 24.8 Å². The smallest absolute Gasteiger partial charge is 0.169 e. The lowest BCUT2D eigenvalue weighted by molar-refractivity contribution is 0.0965. The molecule has 0 bridgehead atoms. The normalized spacial score (nSPS) is 21.8. The number of benzene rings is 1. The summed E-state index contributed by atoms with van der Waals surface area (Å²) in [5.41, 5.74) is 2.03. The molecule has 1 aromatic heterocycles. The number of Topliss-reactive ketones (excluding diaryl/α,β-unsaturated/α-hetero) is 1. The molecule has 3 heteroatoms. The average molecular weight is 240 g/mol. The van der Waals surface area contributed by atoms with Crippen molar-refractivity contribution in [2.24, 2.45) is 5.92 Å². The van der Waals surface area contributed by atoms with E-state index in [0.717, 1.165) is 18.5 Å². The lowest BCUT2D eigenvalue weighted by Gasteiger charge is -1.98. The summed E-state index contributed by atoms with van der Waals surface area (Å²) >= 11 is 0. The lowest BCUT2D eigenvalue weighted by Crippen LogP contribution is -2.02. The van der Waals surface area contributed by atoms with Crippen molar-refractivity contribution in [2.75, 3.05) is 0 Å². The Labute approximate surface area is 106 Å². The van der Waals surface area contributed by atoms with Crippen molar-refractivity contribution in [3.8, 4) is 0 Å². The second kappa shape index (κ2) is 4.41. The summed E-state index contributed by atoms with van der Waals surface area (Å²) in [5, 5.41) is 4.16. The Morgan fingerprint density at radius 2 is 2.17 bits per heavy atom. The van der Waals surface area contributed by atoms with Gasteiger partial charge in [0.2, 0.25) is 0 Å². The summed E-state index contributed by atoms with van der Waals surface area (Å²) in [6, 6.07) is 10.3. The van der Waals surface area contributed by atoms with Crippen LogP contribution in [0.2, 0.25) is 0 Å². The molecule has 2 unspecified atom stereocenters. The van der Waals surface area contributed by atoms with E-state index < -0.39 is 0 Å². The molecule has 0 radical (unpaired) electrons. The van der Waals surface area contributed by atoms with Crippen LogP contribution in [0.15, 0.2) is 42.7 Å². The Morgan fingerprint density at radius 3 is 2.83 bits per heavy atom. The van der Waals surface area contributed by atoms with Gasteiger partial charge in [0, 0.05) is 18.7 Å². The molecule has 1 aliphatic carbocycles. The first kappa shape index (κ1) is 11.2. The Bertz CT molecular complexity index is 559. The quantitative estimate of drug-likeness (QED) is 0.770. The van der Waals surface area contributed by atoms with Gasteiger partial charge in [-0.3, -0.25) is 9.48 Å². The van der Waals surface area contributed by atoms with Gasteiger partial charge in [0.1, 0.15) is 0 Å². The Kier molecular flexibility index (Phi) is 2.74. The fourth-order valence-electron chi connectivity index (χ4n) is 2.43. The van der Waals surface area contributed by atoms with Crippen molar-refractivity contribution >= 4 is 5.78 Å². The number of nitrogens with zero attached hydrogens (tertiary/aromatic N) is 2. The monoisotopic (exact) mass is 240 g/mol. The van der Waals surface area contributed by atoms with Crippen molar-refractivity contribution in [2.45, 2.75) is 25.8 Å². The summed E-state index contributed by atoms with van der Waals surface area (Å²) < 4.78 is 1.80. The zero-order valence-corrected chi connectivity index (χ0v) is 10.4. The molecular weight excluding hydrogens is 224 g/mol. The first-order valence-electron chi connectivity index (χ1n) is 6.41. The number of ketones is 1. The van der Waals surface area contributed by atoms with Crippen LogP contribution in [0, 0.1) is 5.92 Å². The molecule has 18 heavy (non-hydrogen) atoms. The summed E-state index contributed by atoms with van der Waals surface area (Å²) in [4.78, 5) is 12.3. The second-order valence-electron chi connectivity index (χ2n) is 4.81. The van der Waals surface area contributed by atoms with Gasteiger partial charge < -0.3 is 0 Å². The van der Waals surface area contributed by atoms with E-state index in [1.165, 1.54) is 5.56 Å². The number of rotatable bonds is 4. The van der Waals surface area contributed by atoms with Gasteiger partial charge in [0.25, 0.3) is 0 Å². The molecular formula is C15H16N2O. The lowest BCUT2D eigenvalue weighted by atomic mass is 10.1. The van der Waals surface area contributed by atoms with E-state index in [-0.39, 0.29) is 11.7 Å². The maximum atomic E-state index is 12.3. The van der Waals surface area contributed by atoms with E-state index in [1.807, 2.05) is 31.3 Å². The average Bonchev–Trinajstić information content (AvgIpc) is 3.08. The Balaban J connectivity index is 1.73. The highest BCUT2D eigenvalue weighted by molar-refractivity contribution is 5.99. The third kappa shape index (κ3) is 1.96. The van der Waals surface area contributed by atoms with Gasteiger partial charge in [-0.25, -0.2) is 0 Å². The predicted molar refractivity (Wildman–Crippen MR) is 69.5 cm³/mol. The molecule has 0 spiro atoms. The van der Waals surface area contributed by atoms with Crippen LogP contribution < -0.4 is 0 Å². The third-order valence-corrected chi connectivity index (χ3v) is 3.60. The highest BCUT2D eigenvalue weighted by atomic mass is 16.1. The van der Waals surface area contributed by atoms with Gasteiger partial charge >= 0.3 is 0 Å². The summed E-state index contributed by atoms with van der Waals surface area (Å²) in [7, 11) is 0. The molecule has 1 heterocycles. The van der Waals surface area contributed by atoms with Gasteiger partial charge in [-0.1, -0.05) is 30.3 Å². The topological polar surface area (TPSA) is 34.9 Å². The Morgan fingerprint density at radius 1 is 1.39 bits per heavy atom. The molecule has 1 fully saturated rings. The van der Waals surface area contributed by atoms with Gasteiger partial charge in [0.15, 0.2) is 5.78 Å².